The van der Waals surface area contributed by atoms with Gasteiger partial charge < -0.3 is 0 Å². The average molecular weight is 129 g/mol. The molecule has 0 aromatic heterocycles. The van der Waals surface area contributed by atoms with Crippen LogP contribution in [-0.4, -0.2) is 12.6 Å². The Morgan fingerprint density at radius 1 is 1.33 bits per heavy atom. The lowest BCUT2D eigenvalue weighted by Crippen LogP contribution is -2.40. The summed E-state index contributed by atoms with van der Waals surface area (Å²) in [6.45, 7) is 7.67. The fourth-order valence-corrected chi connectivity index (χ4v) is 0.865. The lowest BCUT2D eigenvalue weighted by molar-refractivity contribution is 0.297. The van der Waals surface area contributed by atoms with E-state index >= 15 is 0 Å². The van der Waals surface area contributed by atoms with Crippen LogP contribution in [0, 0.1) is 5.41 Å². The molecule has 0 spiro atoms. The van der Waals surface area contributed by atoms with E-state index in [2.05, 4.69) is 37.2 Å². The standard InChI is InChI=1S/C6H15N3/c1-6(2,3)5-4-7-9-8-5/h5,7-9H,4H2,1-3H3. The van der Waals surface area contributed by atoms with Crippen LogP contribution in [0.1, 0.15) is 20.8 Å². The highest BCUT2D eigenvalue weighted by molar-refractivity contribution is 4.82. The van der Waals surface area contributed by atoms with Gasteiger partial charge in [-0.05, 0) is 5.41 Å². The fraction of sp³-hybridized carbons (Fsp3) is 1.00. The fourth-order valence-electron chi connectivity index (χ4n) is 0.865. The summed E-state index contributed by atoms with van der Waals surface area (Å²) in [5.41, 5.74) is 9.38. The Kier molecular flexibility index (Phi) is 1.75. The van der Waals surface area contributed by atoms with Crippen LogP contribution >= 0.6 is 0 Å². The van der Waals surface area contributed by atoms with Crippen LogP contribution in [0.5, 0.6) is 0 Å². The van der Waals surface area contributed by atoms with Gasteiger partial charge >= 0.3 is 0 Å². The van der Waals surface area contributed by atoms with Crippen LogP contribution in [0.15, 0.2) is 0 Å². The van der Waals surface area contributed by atoms with Gasteiger partial charge in [0.2, 0.25) is 0 Å². The Bertz CT molecular complexity index is 89.0. The molecular formula is C6H15N3. The molecule has 3 nitrogen and oxygen atoms in total. The van der Waals surface area contributed by atoms with Crippen molar-refractivity contribution in [2.45, 2.75) is 26.8 Å². The van der Waals surface area contributed by atoms with E-state index in [-0.39, 0.29) is 0 Å². The molecule has 0 aromatic carbocycles. The predicted molar refractivity (Wildman–Crippen MR) is 37.5 cm³/mol. The quantitative estimate of drug-likeness (QED) is 0.431. The van der Waals surface area contributed by atoms with Crippen molar-refractivity contribution in [3.05, 3.63) is 0 Å². The second-order valence-electron chi connectivity index (χ2n) is 3.57. The second kappa shape index (κ2) is 2.25. The highest BCUT2D eigenvalue weighted by Gasteiger charge is 2.26. The summed E-state index contributed by atoms with van der Waals surface area (Å²) < 4.78 is 0. The molecule has 54 valence electrons. The van der Waals surface area contributed by atoms with Crippen molar-refractivity contribution in [1.82, 2.24) is 16.4 Å². The van der Waals surface area contributed by atoms with Gasteiger partial charge in [-0.25, -0.2) is 10.9 Å². The number of nitrogens with one attached hydrogen (secondary N) is 3. The van der Waals surface area contributed by atoms with Crippen molar-refractivity contribution in [2.24, 2.45) is 5.41 Å². The monoisotopic (exact) mass is 129 g/mol. The lowest BCUT2D eigenvalue weighted by Gasteiger charge is -2.24. The molecule has 1 aliphatic rings. The molecule has 3 N–H and O–H groups in total. The molecule has 1 fully saturated rings. The first-order valence-electron chi connectivity index (χ1n) is 3.34. The smallest absolute Gasteiger partial charge is 0.0413 e. The van der Waals surface area contributed by atoms with E-state index in [1.807, 2.05) is 0 Å². The third-order valence-electron chi connectivity index (χ3n) is 1.69. The Hall–Kier alpha value is -0.120. The van der Waals surface area contributed by atoms with Crippen molar-refractivity contribution in [3.63, 3.8) is 0 Å². The first-order chi connectivity index (χ1) is 4.11. The molecule has 1 heterocycles. The van der Waals surface area contributed by atoms with Crippen molar-refractivity contribution in [3.8, 4) is 0 Å². The highest BCUT2D eigenvalue weighted by atomic mass is 15.6. The van der Waals surface area contributed by atoms with Crippen molar-refractivity contribution in [1.29, 1.82) is 0 Å². The van der Waals surface area contributed by atoms with Gasteiger partial charge in [0.15, 0.2) is 0 Å². The number of hydrogen-bond acceptors (Lipinski definition) is 3. The van der Waals surface area contributed by atoms with Gasteiger partial charge in [0.05, 0.1) is 0 Å². The molecule has 0 amide bonds. The van der Waals surface area contributed by atoms with E-state index in [0.717, 1.165) is 6.54 Å². The Morgan fingerprint density at radius 3 is 2.22 bits per heavy atom. The van der Waals surface area contributed by atoms with E-state index in [0.29, 0.717) is 11.5 Å². The lowest BCUT2D eigenvalue weighted by atomic mass is 9.88. The van der Waals surface area contributed by atoms with Gasteiger partial charge in [-0.1, -0.05) is 20.8 Å². The molecule has 1 atom stereocenters. The molecule has 0 aromatic rings. The maximum absolute atomic E-state index is 3.14. The molecule has 1 saturated heterocycles. The van der Waals surface area contributed by atoms with Crippen LogP contribution in [0.4, 0.5) is 0 Å². The van der Waals surface area contributed by atoms with Crippen molar-refractivity contribution < 1.29 is 0 Å². The zero-order chi connectivity index (χ0) is 6.91. The molecule has 0 saturated carbocycles. The van der Waals surface area contributed by atoms with Crippen LogP contribution in [0.25, 0.3) is 0 Å². The zero-order valence-corrected chi connectivity index (χ0v) is 6.28. The number of rotatable bonds is 0. The van der Waals surface area contributed by atoms with E-state index in [9.17, 15) is 0 Å². The summed E-state index contributed by atoms with van der Waals surface area (Å²) in [7, 11) is 0. The van der Waals surface area contributed by atoms with Crippen LogP contribution in [-0.2, 0) is 0 Å². The molecule has 3 heteroatoms. The summed E-state index contributed by atoms with van der Waals surface area (Å²) >= 11 is 0. The van der Waals surface area contributed by atoms with Crippen LogP contribution in [0.2, 0.25) is 0 Å². The molecule has 9 heavy (non-hydrogen) atoms. The maximum atomic E-state index is 3.14. The third kappa shape index (κ3) is 1.64. The second-order valence-corrected chi connectivity index (χ2v) is 3.57. The molecule has 1 unspecified atom stereocenters. The number of hydrogen-bond donors (Lipinski definition) is 3. The van der Waals surface area contributed by atoms with E-state index in [1.165, 1.54) is 0 Å². The largest absolute Gasteiger partial charge is 0.243 e. The van der Waals surface area contributed by atoms with E-state index in [4.69, 9.17) is 0 Å². The predicted octanol–water partition coefficient (Wildman–Crippen LogP) is 0.0135. The third-order valence-corrected chi connectivity index (χ3v) is 1.69. The van der Waals surface area contributed by atoms with Gasteiger partial charge in [-0.2, -0.15) is 5.53 Å². The summed E-state index contributed by atoms with van der Waals surface area (Å²) in [5, 5.41) is 0. The van der Waals surface area contributed by atoms with Crippen molar-refractivity contribution in [2.75, 3.05) is 6.54 Å². The molecule has 1 rings (SSSR count). The zero-order valence-electron chi connectivity index (χ0n) is 6.28. The number of hydrazine groups is 2. The molecular weight excluding hydrogens is 114 g/mol. The summed E-state index contributed by atoms with van der Waals surface area (Å²) in [5.74, 6) is 0. The normalized spacial score (nSPS) is 29.0. The molecule has 0 aliphatic carbocycles. The van der Waals surface area contributed by atoms with Crippen LogP contribution < -0.4 is 16.4 Å². The maximum Gasteiger partial charge on any atom is 0.0413 e. The first kappa shape index (κ1) is 6.99. The highest BCUT2D eigenvalue weighted by Crippen LogP contribution is 2.18. The Balaban J connectivity index is 2.42. The van der Waals surface area contributed by atoms with Gasteiger partial charge in [-0.3, -0.25) is 0 Å². The molecule has 1 aliphatic heterocycles. The first-order valence-corrected chi connectivity index (χ1v) is 3.34. The van der Waals surface area contributed by atoms with Gasteiger partial charge in [0, 0.05) is 12.6 Å². The average Bonchev–Trinajstić information content (AvgIpc) is 2.08. The van der Waals surface area contributed by atoms with E-state index in [1.54, 1.807) is 0 Å². The summed E-state index contributed by atoms with van der Waals surface area (Å²) in [6, 6.07) is 0.539. The van der Waals surface area contributed by atoms with Gasteiger partial charge in [-0.15, -0.1) is 0 Å². The van der Waals surface area contributed by atoms with Crippen molar-refractivity contribution >= 4 is 0 Å². The minimum atomic E-state index is 0.344. The molecule has 0 radical (unpaired) electrons. The summed E-state index contributed by atoms with van der Waals surface area (Å²) in [6.07, 6.45) is 0. The van der Waals surface area contributed by atoms with E-state index < -0.39 is 0 Å². The SMILES string of the molecule is CC(C)(C)C1CNNN1. The molecule has 0 bridgehead atoms. The van der Waals surface area contributed by atoms with Gasteiger partial charge in [0.25, 0.3) is 0 Å². The summed E-state index contributed by atoms with van der Waals surface area (Å²) in [4.78, 5) is 0. The topological polar surface area (TPSA) is 36.1 Å². The minimum Gasteiger partial charge on any atom is -0.243 e. The Labute approximate surface area is 56.1 Å². The minimum absolute atomic E-state index is 0.344. The Morgan fingerprint density at radius 2 is 2.00 bits per heavy atom. The van der Waals surface area contributed by atoms with Crippen LogP contribution in [0.3, 0.4) is 0 Å². The van der Waals surface area contributed by atoms with Gasteiger partial charge in [0.1, 0.15) is 0 Å².